The Morgan fingerprint density at radius 3 is 2.73 bits per heavy atom. The van der Waals surface area contributed by atoms with Crippen molar-refractivity contribution in [3.8, 4) is 0 Å². The number of hydrogen-bond donors (Lipinski definition) is 2. The number of nitrogens with one attached hydrogen (secondary N) is 1. The van der Waals surface area contributed by atoms with Gasteiger partial charge in [0, 0.05) is 25.7 Å². The third-order valence-corrected chi connectivity index (χ3v) is 4.93. The van der Waals surface area contributed by atoms with E-state index in [1.807, 2.05) is 4.90 Å². The zero-order chi connectivity index (χ0) is 15.9. The van der Waals surface area contributed by atoms with Crippen LogP contribution in [0.25, 0.3) is 0 Å². The highest BCUT2D eigenvalue weighted by Crippen LogP contribution is 2.22. The molecule has 2 unspecified atom stereocenters. The van der Waals surface area contributed by atoms with Crippen molar-refractivity contribution < 1.29 is 9.59 Å². The molecule has 2 fully saturated rings. The predicted octanol–water partition coefficient (Wildman–Crippen LogP) is 0.174. The summed E-state index contributed by atoms with van der Waals surface area (Å²) >= 11 is 0. The van der Waals surface area contributed by atoms with Gasteiger partial charge in [-0.3, -0.25) is 9.59 Å². The standard InChI is InChI=1S/C16H30N4O2/c1-13-5-2-3-7-19(13)11-14-6-4-8-20(12-14)16(22)10-18-15(21)9-17/h13-14H,2-12,17H2,1H3,(H,18,21). The van der Waals surface area contributed by atoms with Gasteiger partial charge in [0.05, 0.1) is 13.1 Å². The summed E-state index contributed by atoms with van der Waals surface area (Å²) in [4.78, 5) is 27.8. The molecule has 6 nitrogen and oxygen atoms in total. The smallest absolute Gasteiger partial charge is 0.241 e. The molecule has 2 saturated heterocycles. The monoisotopic (exact) mass is 310 g/mol. The first-order valence-electron chi connectivity index (χ1n) is 8.58. The van der Waals surface area contributed by atoms with Crippen LogP contribution in [-0.4, -0.2) is 66.9 Å². The molecule has 6 heteroatoms. The van der Waals surface area contributed by atoms with Crippen molar-refractivity contribution >= 4 is 11.8 Å². The van der Waals surface area contributed by atoms with Gasteiger partial charge < -0.3 is 20.9 Å². The van der Waals surface area contributed by atoms with Gasteiger partial charge in [0.1, 0.15) is 0 Å². The topological polar surface area (TPSA) is 78.7 Å². The largest absolute Gasteiger partial charge is 0.346 e. The van der Waals surface area contributed by atoms with Crippen molar-refractivity contribution in [3.63, 3.8) is 0 Å². The zero-order valence-electron chi connectivity index (χ0n) is 13.7. The number of carbonyl (C=O) groups is 2. The lowest BCUT2D eigenvalue weighted by Crippen LogP contribution is -2.49. The van der Waals surface area contributed by atoms with Crippen LogP contribution in [0.5, 0.6) is 0 Å². The van der Waals surface area contributed by atoms with E-state index in [2.05, 4.69) is 17.1 Å². The molecular formula is C16H30N4O2. The fraction of sp³-hybridized carbons (Fsp3) is 0.875. The van der Waals surface area contributed by atoms with Crippen molar-refractivity contribution in [2.24, 2.45) is 11.7 Å². The van der Waals surface area contributed by atoms with Crippen LogP contribution in [0.1, 0.15) is 39.0 Å². The molecule has 0 spiro atoms. The van der Waals surface area contributed by atoms with Crippen LogP contribution in [0.4, 0.5) is 0 Å². The number of rotatable bonds is 5. The zero-order valence-corrected chi connectivity index (χ0v) is 13.7. The Hall–Kier alpha value is -1.14. The van der Waals surface area contributed by atoms with Crippen LogP contribution in [0.3, 0.4) is 0 Å². The second kappa shape index (κ2) is 8.48. The van der Waals surface area contributed by atoms with E-state index >= 15 is 0 Å². The molecule has 0 aromatic carbocycles. The minimum atomic E-state index is -0.274. The van der Waals surface area contributed by atoms with Crippen LogP contribution in [0.15, 0.2) is 0 Å². The molecular weight excluding hydrogens is 280 g/mol. The van der Waals surface area contributed by atoms with Gasteiger partial charge in [-0.05, 0) is 45.1 Å². The summed E-state index contributed by atoms with van der Waals surface area (Å²) in [5.41, 5.74) is 5.23. The third-order valence-electron chi connectivity index (χ3n) is 4.93. The van der Waals surface area contributed by atoms with Crippen LogP contribution in [0, 0.1) is 5.92 Å². The van der Waals surface area contributed by atoms with E-state index in [-0.39, 0.29) is 24.9 Å². The molecule has 0 radical (unpaired) electrons. The summed E-state index contributed by atoms with van der Waals surface area (Å²) in [6.07, 6.45) is 6.19. The first-order valence-corrected chi connectivity index (χ1v) is 8.58. The van der Waals surface area contributed by atoms with E-state index < -0.39 is 0 Å². The van der Waals surface area contributed by atoms with Crippen molar-refractivity contribution in [3.05, 3.63) is 0 Å². The van der Waals surface area contributed by atoms with Crippen LogP contribution in [-0.2, 0) is 9.59 Å². The second-order valence-electron chi connectivity index (χ2n) is 6.67. The van der Waals surface area contributed by atoms with Gasteiger partial charge in [0.2, 0.25) is 11.8 Å². The maximum absolute atomic E-state index is 12.2. The van der Waals surface area contributed by atoms with Crippen molar-refractivity contribution in [2.75, 3.05) is 39.3 Å². The normalized spacial score (nSPS) is 26.7. The highest BCUT2D eigenvalue weighted by Gasteiger charge is 2.27. The minimum Gasteiger partial charge on any atom is -0.346 e. The molecule has 22 heavy (non-hydrogen) atoms. The lowest BCUT2D eigenvalue weighted by Gasteiger charge is -2.39. The number of hydrogen-bond acceptors (Lipinski definition) is 4. The van der Waals surface area contributed by atoms with E-state index in [1.165, 1.54) is 32.2 Å². The Bertz CT molecular complexity index is 388. The Morgan fingerprint density at radius 2 is 2.00 bits per heavy atom. The van der Waals surface area contributed by atoms with E-state index in [1.54, 1.807) is 0 Å². The highest BCUT2D eigenvalue weighted by atomic mass is 16.2. The quantitative estimate of drug-likeness (QED) is 0.759. The summed E-state index contributed by atoms with van der Waals surface area (Å²) in [5, 5.41) is 2.57. The average molecular weight is 310 g/mol. The molecule has 2 amide bonds. The molecule has 0 aliphatic carbocycles. The van der Waals surface area contributed by atoms with E-state index in [9.17, 15) is 9.59 Å². The number of likely N-dealkylation sites (tertiary alicyclic amines) is 2. The fourth-order valence-corrected chi connectivity index (χ4v) is 3.56. The second-order valence-corrected chi connectivity index (χ2v) is 6.67. The molecule has 2 rings (SSSR count). The molecule has 0 saturated carbocycles. The molecule has 126 valence electrons. The first-order chi connectivity index (χ1) is 10.6. The SMILES string of the molecule is CC1CCCCN1CC1CCCN(C(=O)CNC(=O)CN)C1. The maximum atomic E-state index is 12.2. The van der Waals surface area contributed by atoms with Gasteiger partial charge in [-0.25, -0.2) is 0 Å². The van der Waals surface area contributed by atoms with Crippen LogP contribution in [0.2, 0.25) is 0 Å². The van der Waals surface area contributed by atoms with Gasteiger partial charge >= 0.3 is 0 Å². The molecule has 2 aliphatic heterocycles. The van der Waals surface area contributed by atoms with Crippen LogP contribution >= 0.6 is 0 Å². The van der Waals surface area contributed by atoms with Crippen LogP contribution < -0.4 is 11.1 Å². The molecule has 2 atom stereocenters. The summed E-state index contributed by atoms with van der Waals surface area (Å²) in [7, 11) is 0. The van der Waals surface area contributed by atoms with Gasteiger partial charge in [0.15, 0.2) is 0 Å². The van der Waals surface area contributed by atoms with E-state index in [0.29, 0.717) is 12.0 Å². The predicted molar refractivity (Wildman–Crippen MR) is 86.3 cm³/mol. The number of nitrogens with two attached hydrogens (primary N) is 1. The van der Waals surface area contributed by atoms with Crippen molar-refractivity contribution in [1.29, 1.82) is 0 Å². The average Bonchev–Trinajstić information content (AvgIpc) is 2.54. The molecule has 2 heterocycles. The van der Waals surface area contributed by atoms with Crippen molar-refractivity contribution in [1.82, 2.24) is 15.1 Å². The first kappa shape index (κ1) is 17.2. The molecule has 3 N–H and O–H groups in total. The number of carbonyl (C=O) groups excluding carboxylic acids is 2. The van der Waals surface area contributed by atoms with Gasteiger partial charge in [0.25, 0.3) is 0 Å². The molecule has 2 aliphatic rings. The number of nitrogens with zero attached hydrogens (tertiary/aromatic N) is 2. The molecule has 0 aromatic rings. The summed E-state index contributed by atoms with van der Waals surface area (Å²) in [5.74, 6) is 0.297. The summed E-state index contributed by atoms with van der Waals surface area (Å²) in [6, 6.07) is 0.670. The fourth-order valence-electron chi connectivity index (χ4n) is 3.56. The molecule has 0 bridgehead atoms. The summed E-state index contributed by atoms with van der Waals surface area (Å²) in [6.45, 7) is 6.24. The van der Waals surface area contributed by atoms with E-state index in [4.69, 9.17) is 5.73 Å². The number of piperidine rings is 2. The van der Waals surface area contributed by atoms with Gasteiger partial charge in [-0.15, -0.1) is 0 Å². The maximum Gasteiger partial charge on any atom is 0.241 e. The minimum absolute atomic E-state index is 0.0122. The Labute approximate surface area is 133 Å². The third kappa shape index (κ3) is 4.95. The lowest BCUT2D eigenvalue weighted by atomic mass is 9.94. The van der Waals surface area contributed by atoms with Gasteiger partial charge in [-0.1, -0.05) is 6.42 Å². The highest BCUT2D eigenvalue weighted by molar-refractivity contribution is 5.85. The molecule has 0 aromatic heterocycles. The van der Waals surface area contributed by atoms with Gasteiger partial charge in [-0.2, -0.15) is 0 Å². The summed E-state index contributed by atoms with van der Waals surface area (Å²) < 4.78 is 0. The Balaban J connectivity index is 1.78. The van der Waals surface area contributed by atoms with E-state index in [0.717, 1.165) is 26.1 Å². The van der Waals surface area contributed by atoms with Crippen molar-refractivity contribution in [2.45, 2.75) is 45.1 Å². The lowest BCUT2D eigenvalue weighted by molar-refractivity contribution is -0.134. The Morgan fingerprint density at radius 1 is 1.18 bits per heavy atom. The Kier molecular flexibility index (Phi) is 6.64. The number of amides is 2.